The number of H-pyrrole nitrogens is 2. The number of nitrogens with one attached hydrogen (secondary N) is 2. The summed E-state index contributed by atoms with van der Waals surface area (Å²) in [6.07, 6.45) is 23.3. The molecule has 0 bridgehead atoms. The SMILES string of the molecule is CC1=NC(c2cccc(Cl)c2)=CC1.CC1=NC(c2cccc(Cl)c2C)=CC1.CC1=NC(c2ccccc2)=CC1.CC1=NC(c2ccccc2C)=CC1.CC1=NC(c2ccccc2OC(F)(F)F)=CC1.CCOc1ccccc1C1=CCC(C)=N1.COc1cccc(C2=CCC(C)=N2)c1.COc1ccccc1C1=CCC(C)=N1.Cc1cnc(-c2cccc(C)c2C)[nH]1.Cc1cnc(-c2ccccc2)[nH]1. The Labute approximate surface area is 821 Å². The number of ether oxygens (including phenoxy) is 4. The first-order chi connectivity index (χ1) is 66.5. The third-order valence-corrected chi connectivity index (χ3v) is 22.9. The highest BCUT2D eigenvalue weighted by atomic mass is 35.5. The van der Waals surface area contributed by atoms with Crippen LogP contribution >= 0.6 is 23.2 Å². The normalized spacial score (nSPS) is 14.4. The lowest BCUT2D eigenvalue weighted by Gasteiger charge is -2.12. The quantitative estimate of drug-likeness (QED) is 0.103. The summed E-state index contributed by atoms with van der Waals surface area (Å²) >= 11 is 11.9. The van der Waals surface area contributed by atoms with Crippen LogP contribution in [0.1, 0.15) is 192 Å². The van der Waals surface area contributed by atoms with E-state index in [1.807, 2.05) is 227 Å². The number of imidazole rings is 2. The minimum atomic E-state index is -4.69. The van der Waals surface area contributed by atoms with E-state index in [0.717, 1.165) is 197 Å². The lowest BCUT2D eigenvalue weighted by Crippen LogP contribution is -2.17. The molecule has 8 aliphatic rings. The van der Waals surface area contributed by atoms with Crippen LogP contribution in [-0.2, 0) is 0 Å². The van der Waals surface area contributed by atoms with Crippen molar-refractivity contribution in [3.8, 4) is 45.8 Å². The lowest BCUT2D eigenvalue weighted by molar-refractivity contribution is -0.274. The van der Waals surface area contributed by atoms with E-state index in [-0.39, 0.29) is 5.75 Å². The first-order valence-electron chi connectivity index (χ1n) is 46.1. The number of para-hydroxylation sites is 3. The Morgan fingerprint density at radius 2 is 0.645 bits per heavy atom. The zero-order chi connectivity index (χ0) is 98.6. The molecule has 2 aromatic heterocycles. The van der Waals surface area contributed by atoms with Crippen molar-refractivity contribution < 1.29 is 32.1 Å². The number of benzene rings is 10. The molecule has 0 fully saturated rings. The second-order valence-electron chi connectivity index (χ2n) is 33.6. The lowest BCUT2D eigenvalue weighted by atomic mass is 10.0. The van der Waals surface area contributed by atoms with Crippen molar-refractivity contribution in [2.75, 3.05) is 20.8 Å². The highest BCUT2D eigenvalue weighted by Crippen LogP contribution is 2.37. The maximum Gasteiger partial charge on any atom is 0.573 e. The number of aryl methyl sites for hydroxylation is 4. The van der Waals surface area contributed by atoms with Gasteiger partial charge in [-0.15, -0.1) is 13.2 Å². The monoisotopic (exact) mass is 1880 g/mol. The number of allylic oxidation sites excluding steroid dienone is 8. The maximum atomic E-state index is 12.2. The highest BCUT2D eigenvalue weighted by molar-refractivity contribution is 6.31. The highest BCUT2D eigenvalue weighted by Gasteiger charge is 2.33. The fourth-order valence-electron chi connectivity index (χ4n) is 14.9. The summed E-state index contributed by atoms with van der Waals surface area (Å²) in [5, 5.41) is 1.57. The van der Waals surface area contributed by atoms with Gasteiger partial charge in [0.15, 0.2) is 0 Å². The van der Waals surface area contributed by atoms with Gasteiger partial charge in [-0.05, 0) is 198 Å². The van der Waals surface area contributed by atoms with Crippen LogP contribution < -0.4 is 18.9 Å². The fraction of sp³-hybridized carbons (Fsp3) is 0.231. The molecule has 2 N–H and O–H groups in total. The van der Waals surface area contributed by atoms with Crippen LogP contribution in [0.25, 0.3) is 68.4 Å². The predicted molar refractivity (Wildman–Crippen MR) is 575 cm³/mol. The van der Waals surface area contributed by atoms with Crippen LogP contribution in [0.15, 0.2) is 344 Å². The summed E-state index contributed by atoms with van der Waals surface area (Å²) in [6, 6.07) is 78.8. The van der Waals surface area contributed by atoms with Gasteiger partial charge in [0.25, 0.3) is 0 Å². The van der Waals surface area contributed by atoms with Gasteiger partial charge in [0, 0.05) is 181 Å². The molecule has 10 aromatic carbocycles. The van der Waals surface area contributed by atoms with E-state index >= 15 is 0 Å². The molecule has 16 nitrogen and oxygen atoms in total. The van der Waals surface area contributed by atoms with Gasteiger partial charge in [-0.3, -0.25) is 39.9 Å². The zero-order valence-corrected chi connectivity index (χ0v) is 83.2. The molecule has 0 saturated heterocycles. The van der Waals surface area contributed by atoms with Crippen molar-refractivity contribution in [2.24, 2.45) is 39.9 Å². The van der Waals surface area contributed by atoms with Crippen molar-refractivity contribution in [1.29, 1.82) is 0 Å². The van der Waals surface area contributed by atoms with Gasteiger partial charge in [0.2, 0.25) is 0 Å². The Hall–Kier alpha value is -14.5. The van der Waals surface area contributed by atoms with E-state index in [1.54, 1.807) is 32.4 Å². The summed E-state index contributed by atoms with van der Waals surface area (Å²) in [5.41, 5.74) is 35.0. The molecule has 0 spiro atoms. The van der Waals surface area contributed by atoms with Crippen LogP contribution in [0.3, 0.4) is 0 Å². The molecule has 10 heterocycles. The standard InChI is InChI=1S/C13H15NO.C12H12ClN.C12H10F3NO.C12H14N2.2C12H13NO.C12H13N.C11H10ClN.C11H11N.C10H10N2/c1-3-15-13-7-5-4-6-11(13)12-9-8-10(2)14-12;1-8-6-7-12(14-8)10-4-3-5-11(13)9(10)2;1-8-6-7-10(16-8)9-4-2-3-5-11(9)17-12(13,14)15;1-8-5-4-6-11(10(8)3)12-13-7-9(2)14-12;1-9-6-7-12(13-9)10-4-3-5-11(8-10)14-2;1-9-7-8-11(13-9)10-5-3-4-6-12(10)14-2;1-9-5-3-4-6-11(9)12-8-7-10(2)13-12;1-8-5-6-11(13-8)9-3-2-4-10(12)7-9;1-9-7-8-11(12-9)10-5-3-2-4-6-10;1-8-7-11-10(12-8)9-5-3-2-4-6-9/h4-7,9H,3,8H2,1-2H3;3-5,7H,6H2,1-2H3;2-5,7H,6H2,1H3;4-7H,1-3H3,(H,13,14);3-5,7-8H,6H2,1-2H3;3-6,8H,7H2,1-2H3;3-6,8H,7H2,1-2H3;2-4,6-7H,5H2,1H3;2-6,8H,7H2,1H3;2-7H,1H3,(H,11,12). The molecule has 708 valence electrons. The van der Waals surface area contributed by atoms with Crippen LogP contribution in [0.4, 0.5) is 13.2 Å². The third kappa shape index (κ3) is 31.8. The molecule has 0 radical (unpaired) electrons. The molecule has 8 aliphatic heterocycles. The zero-order valence-electron chi connectivity index (χ0n) is 81.7. The second kappa shape index (κ2) is 52.0. The smallest absolute Gasteiger partial charge is 0.497 e. The molecule has 21 heteroatoms. The van der Waals surface area contributed by atoms with Gasteiger partial charge in [0.1, 0.15) is 34.6 Å². The van der Waals surface area contributed by atoms with Crippen LogP contribution in [0.5, 0.6) is 23.0 Å². The number of aromatic nitrogens is 4. The van der Waals surface area contributed by atoms with Crippen molar-refractivity contribution in [1.82, 2.24) is 19.9 Å². The largest absolute Gasteiger partial charge is 0.573 e. The maximum absolute atomic E-state index is 12.2. The van der Waals surface area contributed by atoms with Gasteiger partial charge < -0.3 is 28.9 Å². The van der Waals surface area contributed by atoms with Crippen LogP contribution in [0, 0.1) is 41.5 Å². The Balaban J connectivity index is 0.000000147. The Bertz CT molecular complexity index is 6770. The minimum absolute atomic E-state index is 0.218. The van der Waals surface area contributed by atoms with E-state index in [4.69, 9.17) is 37.4 Å². The predicted octanol–water partition coefficient (Wildman–Crippen LogP) is 31.8. The third-order valence-electron chi connectivity index (χ3n) is 22.3. The molecule has 20 rings (SSSR count). The number of halogens is 5. The summed E-state index contributed by atoms with van der Waals surface area (Å²) in [6.45, 7) is 31.3. The Morgan fingerprint density at radius 3 is 1.07 bits per heavy atom. The van der Waals surface area contributed by atoms with Crippen LogP contribution in [-0.4, -0.2) is 92.8 Å². The van der Waals surface area contributed by atoms with E-state index < -0.39 is 6.36 Å². The minimum Gasteiger partial charge on any atom is -0.497 e. The number of aromatic amines is 2. The summed E-state index contributed by atoms with van der Waals surface area (Å²) < 4.78 is 56.6. The number of alkyl halides is 3. The molecular formula is C117H121Cl2F3N12O4. The Kier molecular flexibility index (Phi) is 39.1. The van der Waals surface area contributed by atoms with E-state index in [1.165, 1.54) is 68.4 Å². The van der Waals surface area contributed by atoms with Crippen molar-refractivity contribution in [3.05, 3.63) is 392 Å². The molecule has 0 aliphatic carbocycles. The fourth-order valence-corrected chi connectivity index (χ4v) is 15.3. The number of aliphatic imine (C=N–C) groups is 8. The number of rotatable bonds is 15. The second-order valence-corrected chi connectivity index (χ2v) is 34.4. The van der Waals surface area contributed by atoms with Gasteiger partial charge in [-0.1, -0.05) is 248 Å². The average molecular weight is 1890 g/mol. The number of hydrogen-bond acceptors (Lipinski definition) is 14. The van der Waals surface area contributed by atoms with E-state index in [2.05, 4.69) is 215 Å². The Morgan fingerprint density at radius 1 is 0.304 bits per heavy atom. The van der Waals surface area contributed by atoms with Crippen molar-refractivity contribution >= 4 is 114 Å². The van der Waals surface area contributed by atoms with Gasteiger partial charge in [-0.25, -0.2) is 9.97 Å². The average Bonchev–Trinajstić information content (AvgIpc) is 1.64. The molecule has 12 aromatic rings. The van der Waals surface area contributed by atoms with Crippen molar-refractivity contribution in [2.45, 2.75) is 162 Å². The molecular weight excluding hydrogens is 1770 g/mol. The van der Waals surface area contributed by atoms with Gasteiger partial charge in [0.05, 0.1) is 66.4 Å². The molecule has 0 amide bonds. The van der Waals surface area contributed by atoms with Crippen molar-refractivity contribution in [3.63, 3.8) is 0 Å². The van der Waals surface area contributed by atoms with E-state index in [9.17, 15) is 13.2 Å². The number of nitrogens with zero attached hydrogens (tertiary/aromatic N) is 10. The summed E-state index contributed by atoms with van der Waals surface area (Å²) in [5.74, 6) is 4.37. The molecule has 0 unspecified atom stereocenters. The summed E-state index contributed by atoms with van der Waals surface area (Å²) in [4.78, 5) is 50.4. The van der Waals surface area contributed by atoms with Gasteiger partial charge in [-0.2, -0.15) is 0 Å². The molecule has 0 atom stereocenters. The van der Waals surface area contributed by atoms with Gasteiger partial charge >= 0.3 is 6.36 Å². The molecule has 0 saturated carbocycles. The van der Waals surface area contributed by atoms with E-state index in [0.29, 0.717) is 24.3 Å². The first kappa shape index (κ1) is 104. The first-order valence-corrected chi connectivity index (χ1v) is 46.8. The number of hydrogen-bond donors (Lipinski definition) is 2. The molecule has 138 heavy (non-hydrogen) atoms. The topological polar surface area (TPSA) is 193 Å². The summed E-state index contributed by atoms with van der Waals surface area (Å²) in [7, 11) is 3.36. The number of methoxy groups -OCH3 is 2. The van der Waals surface area contributed by atoms with Crippen LogP contribution in [0.2, 0.25) is 10.0 Å².